The van der Waals surface area contributed by atoms with E-state index in [1.807, 2.05) is 0 Å². The molecule has 0 aromatic heterocycles. The van der Waals surface area contributed by atoms with Gasteiger partial charge in [-0.2, -0.15) is 17.6 Å². The van der Waals surface area contributed by atoms with Crippen LogP contribution < -0.4 is 0 Å². The molecule has 0 saturated heterocycles. The maximum atomic E-state index is 13.9. The highest BCUT2D eigenvalue weighted by Crippen LogP contribution is 2.54. The highest BCUT2D eigenvalue weighted by atomic mass is 28.3. The third kappa shape index (κ3) is 2.49. The number of hydrogen-bond donors (Lipinski definition) is 0. The SMILES string of the molecule is CC[Si](CC)(CC)C(F)(F)C(F)(F)C(F)(F)C(F)F. The van der Waals surface area contributed by atoms with E-state index in [1.54, 1.807) is 0 Å². The van der Waals surface area contributed by atoms with Crippen LogP contribution in [0.1, 0.15) is 20.8 Å². The Hall–Kier alpha value is -0.343. The van der Waals surface area contributed by atoms with Gasteiger partial charge < -0.3 is 0 Å². The van der Waals surface area contributed by atoms with Crippen LogP contribution in [0.15, 0.2) is 0 Å². The highest BCUT2D eigenvalue weighted by molar-refractivity contribution is 6.82. The standard InChI is InChI=1S/C10H16F8Si/c1-4-19(5-2,6-3)10(17,18)9(15,16)8(13,14)7(11)12/h7H,4-6H2,1-3H3. The average molecular weight is 316 g/mol. The second kappa shape index (κ2) is 5.57. The van der Waals surface area contributed by atoms with E-state index < -0.39 is 31.9 Å². The van der Waals surface area contributed by atoms with Gasteiger partial charge in [-0.25, -0.2) is 17.6 Å². The minimum Gasteiger partial charge on any atom is -0.205 e. The number of hydrogen-bond acceptors (Lipinski definition) is 0. The molecule has 19 heavy (non-hydrogen) atoms. The van der Waals surface area contributed by atoms with E-state index in [9.17, 15) is 35.1 Å². The Labute approximate surface area is 107 Å². The lowest BCUT2D eigenvalue weighted by atomic mass is 10.2. The first kappa shape index (κ1) is 18.7. The molecule has 0 radical (unpaired) electrons. The molecular formula is C10H16F8Si. The second-order valence-electron chi connectivity index (χ2n) is 4.41. The van der Waals surface area contributed by atoms with Crippen LogP contribution >= 0.6 is 0 Å². The first-order valence-corrected chi connectivity index (χ1v) is 8.41. The molecule has 0 N–H and O–H groups in total. The van der Waals surface area contributed by atoms with Crippen molar-refractivity contribution in [3.8, 4) is 0 Å². The molecule has 9 heteroatoms. The van der Waals surface area contributed by atoms with E-state index in [2.05, 4.69) is 0 Å². The summed E-state index contributed by atoms with van der Waals surface area (Å²) in [5.74, 6) is -12.1. The molecular weight excluding hydrogens is 300 g/mol. The second-order valence-corrected chi connectivity index (χ2v) is 9.72. The summed E-state index contributed by atoms with van der Waals surface area (Å²) >= 11 is 0. The average Bonchev–Trinajstić information content (AvgIpc) is 2.30. The lowest BCUT2D eigenvalue weighted by molar-refractivity contribution is -0.318. The zero-order chi connectivity index (χ0) is 15.7. The van der Waals surface area contributed by atoms with Gasteiger partial charge in [0, 0.05) is 0 Å². The zero-order valence-corrected chi connectivity index (χ0v) is 11.7. The summed E-state index contributed by atoms with van der Waals surface area (Å²) in [5, 5.41) is 0. The van der Waals surface area contributed by atoms with Crippen molar-refractivity contribution in [2.45, 2.75) is 62.7 Å². The molecule has 116 valence electrons. The Morgan fingerprint density at radius 1 is 0.789 bits per heavy atom. The van der Waals surface area contributed by atoms with Gasteiger partial charge in [0.25, 0.3) is 5.55 Å². The van der Waals surface area contributed by atoms with E-state index in [0.29, 0.717) is 0 Å². The third-order valence-corrected chi connectivity index (χ3v) is 9.49. The van der Waals surface area contributed by atoms with Crippen LogP contribution in [0, 0.1) is 0 Å². The predicted octanol–water partition coefficient (Wildman–Crippen LogP) is 5.21. The third-order valence-electron chi connectivity index (χ3n) is 3.78. The van der Waals surface area contributed by atoms with E-state index in [-0.39, 0.29) is 18.1 Å². The smallest absolute Gasteiger partial charge is 0.205 e. The van der Waals surface area contributed by atoms with Crippen molar-refractivity contribution < 1.29 is 35.1 Å². The van der Waals surface area contributed by atoms with Crippen molar-refractivity contribution in [3.05, 3.63) is 0 Å². The molecule has 0 nitrogen and oxygen atoms in total. The van der Waals surface area contributed by atoms with Crippen molar-refractivity contribution in [2.24, 2.45) is 0 Å². The van der Waals surface area contributed by atoms with Crippen LogP contribution in [-0.2, 0) is 0 Å². The first-order valence-electron chi connectivity index (χ1n) is 5.79. The normalized spacial score (nSPS) is 15.2. The van der Waals surface area contributed by atoms with Crippen molar-refractivity contribution in [2.75, 3.05) is 0 Å². The van der Waals surface area contributed by atoms with Gasteiger partial charge >= 0.3 is 18.3 Å². The van der Waals surface area contributed by atoms with Gasteiger partial charge in [0.2, 0.25) is 0 Å². The molecule has 0 atom stereocenters. The molecule has 0 rings (SSSR count). The molecule has 0 spiro atoms. The maximum absolute atomic E-state index is 13.9. The molecule has 0 aliphatic heterocycles. The van der Waals surface area contributed by atoms with Crippen molar-refractivity contribution in [1.29, 1.82) is 0 Å². The topological polar surface area (TPSA) is 0 Å². The van der Waals surface area contributed by atoms with Crippen LogP contribution in [0.25, 0.3) is 0 Å². The lowest BCUT2D eigenvalue weighted by Gasteiger charge is -2.43. The van der Waals surface area contributed by atoms with Crippen LogP contribution in [0.3, 0.4) is 0 Å². The van der Waals surface area contributed by atoms with Crippen molar-refractivity contribution in [1.82, 2.24) is 0 Å². The summed E-state index contributed by atoms with van der Waals surface area (Å²) < 4.78 is 104. The van der Waals surface area contributed by atoms with Crippen molar-refractivity contribution in [3.63, 3.8) is 0 Å². The van der Waals surface area contributed by atoms with Gasteiger partial charge in [-0.3, -0.25) is 0 Å². The summed E-state index contributed by atoms with van der Waals surface area (Å²) in [6.07, 6.45) is -4.84. The maximum Gasteiger partial charge on any atom is 0.375 e. The molecule has 0 fully saturated rings. The summed E-state index contributed by atoms with van der Waals surface area (Å²) in [6.45, 7) is 3.59. The van der Waals surface area contributed by atoms with Gasteiger partial charge in [0.15, 0.2) is 0 Å². The monoisotopic (exact) mass is 316 g/mol. The largest absolute Gasteiger partial charge is 0.375 e. The Kier molecular flexibility index (Phi) is 5.47. The van der Waals surface area contributed by atoms with Crippen LogP contribution in [0.5, 0.6) is 0 Å². The highest BCUT2D eigenvalue weighted by Gasteiger charge is 2.79. The molecule has 0 saturated carbocycles. The lowest BCUT2D eigenvalue weighted by Crippen LogP contribution is -2.68. The van der Waals surface area contributed by atoms with Crippen molar-refractivity contribution >= 4 is 8.07 Å². The fraction of sp³-hybridized carbons (Fsp3) is 1.00. The molecule has 0 heterocycles. The molecule has 0 aliphatic carbocycles. The van der Waals surface area contributed by atoms with Crippen LogP contribution in [0.4, 0.5) is 35.1 Å². The molecule has 0 aromatic rings. The molecule has 0 bridgehead atoms. The Morgan fingerprint density at radius 2 is 1.11 bits per heavy atom. The fourth-order valence-corrected chi connectivity index (χ4v) is 5.76. The summed E-state index contributed by atoms with van der Waals surface area (Å²) in [4.78, 5) is 0. The molecule has 0 amide bonds. The minimum absolute atomic E-state index is 0.387. The minimum atomic E-state index is -6.05. The molecule has 0 aromatic carbocycles. The fourth-order valence-electron chi connectivity index (χ4n) is 2.10. The Morgan fingerprint density at radius 3 is 1.32 bits per heavy atom. The van der Waals surface area contributed by atoms with Crippen LogP contribution in [-0.4, -0.2) is 31.9 Å². The van der Waals surface area contributed by atoms with Gasteiger partial charge in [-0.15, -0.1) is 0 Å². The van der Waals surface area contributed by atoms with Gasteiger partial charge in [-0.05, 0) is 0 Å². The van der Waals surface area contributed by atoms with E-state index in [4.69, 9.17) is 0 Å². The summed E-state index contributed by atoms with van der Waals surface area (Å²) in [6, 6.07) is -1.16. The number of halogens is 8. The van der Waals surface area contributed by atoms with E-state index >= 15 is 0 Å². The van der Waals surface area contributed by atoms with Gasteiger partial charge in [0.1, 0.15) is 8.07 Å². The molecule has 0 unspecified atom stereocenters. The summed E-state index contributed by atoms with van der Waals surface area (Å²) in [5.41, 5.74) is -5.10. The predicted molar refractivity (Wildman–Crippen MR) is 58.0 cm³/mol. The zero-order valence-electron chi connectivity index (χ0n) is 10.7. The van der Waals surface area contributed by atoms with Gasteiger partial charge in [-0.1, -0.05) is 38.9 Å². The van der Waals surface area contributed by atoms with Gasteiger partial charge in [0.05, 0.1) is 0 Å². The number of alkyl halides is 8. The Bertz CT molecular complexity index is 290. The first-order chi connectivity index (χ1) is 8.38. The van der Waals surface area contributed by atoms with E-state index in [1.165, 1.54) is 20.8 Å². The van der Waals surface area contributed by atoms with E-state index in [0.717, 1.165) is 0 Å². The Balaban J connectivity index is 5.87. The summed E-state index contributed by atoms with van der Waals surface area (Å²) in [7, 11) is -4.13. The van der Waals surface area contributed by atoms with Crippen LogP contribution in [0.2, 0.25) is 18.1 Å². The molecule has 0 aliphatic rings. The quantitative estimate of drug-likeness (QED) is 0.447. The number of rotatable bonds is 7.